The number of amides is 1. The number of thiocarbonyl (C=S) groups is 1. The lowest BCUT2D eigenvalue weighted by Gasteiger charge is -2.25. The Labute approximate surface area is 232 Å². The number of rotatable bonds is 8. The molecule has 2 N–H and O–H groups in total. The molecule has 0 spiro atoms. The highest BCUT2D eigenvalue weighted by Crippen LogP contribution is 2.40. The number of nitrogens with one attached hydrogen (secondary N) is 2. The predicted molar refractivity (Wildman–Crippen MR) is 152 cm³/mol. The number of aromatic nitrogens is 1. The number of pyridine rings is 1. The zero-order valence-electron chi connectivity index (χ0n) is 21.6. The molecule has 2 aromatic heterocycles. The van der Waals surface area contributed by atoms with Crippen molar-refractivity contribution in [2.75, 3.05) is 19.0 Å². The van der Waals surface area contributed by atoms with E-state index in [-0.39, 0.29) is 24.4 Å². The van der Waals surface area contributed by atoms with Gasteiger partial charge in [-0.15, -0.1) is 0 Å². The van der Waals surface area contributed by atoms with Crippen LogP contribution in [-0.2, 0) is 9.53 Å². The molecule has 2 aromatic carbocycles. The Morgan fingerprint density at radius 2 is 1.90 bits per heavy atom. The van der Waals surface area contributed by atoms with Crippen LogP contribution in [0.15, 0.2) is 89.5 Å². The van der Waals surface area contributed by atoms with Crippen LogP contribution >= 0.6 is 12.2 Å². The molecule has 1 amide bonds. The molecule has 4 aromatic rings. The molecule has 1 aliphatic rings. The number of carbonyl (C=O) groups is 2. The quantitative estimate of drug-likeness (QED) is 0.225. The lowest BCUT2D eigenvalue weighted by Crippen LogP contribution is -2.32. The maximum absolute atomic E-state index is 12.8. The van der Waals surface area contributed by atoms with Crippen molar-refractivity contribution >= 4 is 34.9 Å². The first kappa shape index (κ1) is 26.1. The second kappa shape index (κ2) is 11.5. The average molecular weight is 541 g/mol. The Hall–Kier alpha value is -4.50. The number of methoxy groups -OCH3 is 1. The maximum atomic E-state index is 12.8. The normalized spacial score (nSPS) is 16.6. The number of hydrogen-bond acceptors (Lipinski definition) is 6. The Balaban J connectivity index is 1.38. The van der Waals surface area contributed by atoms with E-state index in [1.165, 1.54) is 7.11 Å². The van der Waals surface area contributed by atoms with E-state index >= 15 is 0 Å². The summed E-state index contributed by atoms with van der Waals surface area (Å²) in [6.45, 7) is 2.37. The number of furan rings is 1. The van der Waals surface area contributed by atoms with Crippen molar-refractivity contribution in [1.29, 1.82) is 0 Å². The molecule has 1 fully saturated rings. The van der Waals surface area contributed by atoms with Crippen LogP contribution < -0.4 is 10.6 Å². The maximum Gasteiger partial charge on any atom is 0.337 e. The van der Waals surface area contributed by atoms with Gasteiger partial charge < -0.3 is 24.7 Å². The van der Waals surface area contributed by atoms with Crippen LogP contribution in [0.4, 0.5) is 5.69 Å². The van der Waals surface area contributed by atoms with Gasteiger partial charge in [-0.1, -0.05) is 30.3 Å². The van der Waals surface area contributed by atoms with E-state index in [9.17, 15) is 9.59 Å². The van der Waals surface area contributed by atoms with E-state index in [1.807, 2.05) is 78.6 Å². The summed E-state index contributed by atoms with van der Waals surface area (Å²) in [4.78, 5) is 31.1. The van der Waals surface area contributed by atoms with Crippen LogP contribution in [0, 0.1) is 6.92 Å². The second-order valence-electron chi connectivity index (χ2n) is 9.26. The van der Waals surface area contributed by atoms with Crippen molar-refractivity contribution in [2.24, 2.45) is 0 Å². The van der Waals surface area contributed by atoms with Gasteiger partial charge in [0, 0.05) is 30.4 Å². The summed E-state index contributed by atoms with van der Waals surface area (Å²) in [6.07, 6.45) is 1.98. The number of ether oxygens (including phenoxy) is 1. The van der Waals surface area contributed by atoms with E-state index in [4.69, 9.17) is 21.4 Å². The zero-order chi connectivity index (χ0) is 27.4. The lowest BCUT2D eigenvalue weighted by atomic mass is 10.0. The molecule has 8 nitrogen and oxygen atoms in total. The molecular weight excluding hydrogens is 512 g/mol. The average Bonchev–Trinajstić information content (AvgIpc) is 3.56. The molecule has 39 heavy (non-hydrogen) atoms. The van der Waals surface area contributed by atoms with Gasteiger partial charge in [-0.2, -0.15) is 0 Å². The summed E-state index contributed by atoms with van der Waals surface area (Å²) in [5.74, 6) is 0.835. The molecule has 3 heterocycles. The minimum absolute atomic E-state index is 0.103. The lowest BCUT2D eigenvalue weighted by molar-refractivity contribution is -0.116. The van der Waals surface area contributed by atoms with Gasteiger partial charge in [0.25, 0.3) is 0 Å². The number of esters is 1. The molecule has 0 bridgehead atoms. The number of carbonyl (C=O) groups excluding carboxylic acids is 2. The monoisotopic (exact) mass is 540 g/mol. The van der Waals surface area contributed by atoms with E-state index in [0.717, 1.165) is 22.5 Å². The largest absolute Gasteiger partial charge is 0.465 e. The Kier molecular flexibility index (Phi) is 7.69. The Morgan fingerprint density at radius 3 is 2.62 bits per heavy atom. The molecule has 1 saturated heterocycles. The van der Waals surface area contributed by atoms with Gasteiger partial charge in [-0.3, -0.25) is 9.78 Å². The van der Waals surface area contributed by atoms with Gasteiger partial charge in [0.05, 0.1) is 24.4 Å². The molecule has 1 aliphatic heterocycles. The van der Waals surface area contributed by atoms with E-state index in [2.05, 4.69) is 15.6 Å². The fraction of sp³-hybridized carbons (Fsp3) is 0.200. The SMILES string of the molecule is COC(=O)c1ccc(-c2ccc([C@@H]3[C@H](c4ccccn4)NC(=S)N3CCC(=O)Nc3cccc(C)c3)o2)cc1. The van der Waals surface area contributed by atoms with Crippen LogP contribution in [-0.4, -0.2) is 40.5 Å². The second-order valence-corrected chi connectivity index (χ2v) is 9.65. The van der Waals surface area contributed by atoms with Crippen molar-refractivity contribution in [2.45, 2.75) is 25.4 Å². The summed E-state index contributed by atoms with van der Waals surface area (Å²) >= 11 is 5.71. The molecule has 0 saturated carbocycles. The first-order valence-electron chi connectivity index (χ1n) is 12.6. The third kappa shape index (κ3) is 5.83. The van der Waals surface area contributed by atoms with E-state index in [1.54, 1.807) is 18.3 Å². The Morgan fingerprint density at radius 1 is 1.08 bits per heavy atom. The minimum atomic E-state index is -0.396. The number of benzene rings is 2. The summed E-state index contributed by atoms with van der Waals surface area (Å²) < 4.78 is 11.1. The van der Waals surface area contributed by atoms with Crippen molar-refractivity contribution in [3.63, 3.8) is 0 Å². The smallest absolute Gasteiger partial charge is 0.337 e. The Bertz CT molecular complexity index is 1490. The van der Waals surface area contributed by atoms with Crippen LogP contribution in [0.1, 0.15) is 45.9 Å². The molecule has 0 aliphatic carbocycles. The minimum Gasteiger partial charge on any atom is -0.465 e. The first-order valence-corrected chi connectivity index (χ1v) is 13.0. The van der Waals surface area contributed by atoms with Crippen LogP contribution in [0.25, 0.3) is 11.3 Å². The van der Waals surface area contributed by atoms with Crippen molar-refractivity contribution in [3.8, 4) is 11.3 Å². The summed E-state index contributed by atoms with van der Waals surface area (Å²) in [6, 6.07) is 23.7. The number of nitrogens with zero attached hydrogens (tertiary/aromatic N) is 2. The topological polar surface area (TPSA) is 96.7 Å². The molecule has 0 radical (unpaired) electrons. The van der Waals surface area contributed by atoms with Gasteiger partial charge in [0.1, 0.15) is 17.6 Å². The zero-order valence-corrected chi connectivity index (χ0v) is 22.4. The van der Waals surface area contributed by atoms with Crippen molar-refractivity contribution in [3.05, 3.63) is 108 Å². The van der Waals surface area contributed by atoms with Gasteiger partial charge in [0.2, 0.25) is 5.91 Å². The van der Waals surface area contributed by atoms with Crippen molar-refractivity contribution < 1.29 is 18.7 Å². The third-order valence-corrected chi connectivity index (χ3v) is 6.94. The van der Waals surface area contributed by atoms with Gasteiger partial charge in [-0.05, 0) is 73.2 Å². The van der Waals surface area contributed by atoms with E-state index in [0.29, 0.717) is 28.7 Å². The highest BCUT2D eigenvalue weighted by Gasteiger charge is 2.41. The number of hydrogen-bond donors (Lipinski definition) is 2. The van der Waals surface area contributed by atoms with Crippen LogP contribution in [0.3, 0.4) is 0 Å². The van der Waals surface area contributed by atoms with Gasteiger partial charge >= 0.3 is 5.97 Å². The fourth-order valence-electron chi connectivity index (χ4n) is 4.68. The first-order chi connectivity index (χ1) is 18.9. The summed E-state index contributed by atoms with van der Waals surface area (Å²) in [7, 11) is 1.35. The fourth-order valence-corrected chi connectivity index (χ4v) is 5.01. The summed E-state index contributed by atoms with van der Waals surface area (Å²) in [5.41, 5.74) is 3.94. The summed E-state index contributed by atoms with van der Waals surface area (Å²) in [5, 5.41) is 6.87. The van der Waals surface area contributed by atoms with Gasteiger partial charge in [0.15, 0.2) is 5.11 Å². The molecule has 0 unspecified atom stereocenters. The highest BCUT2D eigenvalue weighted by atomic mass is 32.1. The number of aryl methyl sites for hydroxylation is 1. The molecule has 2 atom stereocenters. The molecule has 9 heteroatoms. The molecular formula is C30H28N4O4S. The number of anilines is 1. The van der Waals surface area contributed by atoms with Crippen LogP contribution in [0.2, 0.25) is 0 Å². The standard InChI is InChI=1S/C30H28N4O4S/c1-19-6-5-7-22(18-19)32-26(35)15-17-34-28(27(33-30(34)39)23-8-3-4-16-31-23)25-14-13-24(38-25)20-9-11-21(12-10-20)29(36)37-2/h3-14,16,18,27-28H,15,17H2,1-2H3,(H,32,35)(H,33,39)/t27-,28+/m0/s1. The van der Waals surface area contributed by atoms with Crippen molar-refractivity contribution in [1.82, 2.24) is 15.2 Å². The molecule has 5 rings (SSSR count). The highest BCUT2D eigenvalue weighted by molar-refractivity contribution is 7.80. The third-order valence-electron chi connectivity index (χ3n) is 6.59. The van der Waals surface area contributed by atoms with Crippen LogP contribution in [0.5, 0.6) is 0 Å². The van der Waals surface area contributed by atoms with Gasteiger partial charge in [-0.25, -0.2) is 4.79 Å². The van der Waals surface area contributed by atoms with E-state index < -0.39 is 5.97 Å². The molecule has 198 valence electrons. The predicted octanol–water partition coefficient (Wildman–Crippen LogP) is 5.44.